The third-order valence-electron chi connectivity index (χ3n) is 2.53. The summed E-state index contributed by atoms with van der Waals surface area (Å²) in [5, 5.41) is 21.6. The minimum Gasteiger partial charge on any atom is -0.618 e. The number of sulfone groups is 1. The third kappa shape index (κ3) is 2.92. The van der Waals surface area contributed by atoms with Crippen LogP contribution in [0.4, 0.5) is 5.69 Å². The zero-order valence-corrected chi connectivity index (χ0v) is 12.4. The predicted octanol–water partition coefficient (Wildman–Crippen LogP) is 2.37. The highest BCUT2D eigenvalue weighted by Gasteiger charge is 2.30. The van der Waals surface area contributed by atoms with Crippen LogP contribution in [0, 0.1) is 15.3 Å². The van der Waals surface area contributed by atoms with Gasteiger partial charge in [-0.3, -0.25) is 10.1 Å². The molecule has 1 heterocycles. The Kier molecular flexibility index (Phi) is 4.04. The summed E-state index contributed by atoms with van der Waals surface area (Å²) in [7, 11) is -4.25. The largest absolute Gasteiger partial charge is 0.618 e. The van der Waals surface area contributed by atoms with Gasteiger partial charge in [0.2, 0.25) is 0 Å². The maximum Gasteiger partial charge on any atom is 0.333 e. The molecule has 0 amide bonds. The highest BCUT2D eigenvalue weighted by atomic mass is 35.5. The van der Waals surface area contributed by atoms with Gasteiger partial charge in [-0.2, -0.15) is 4.73 Å². The van der Waals surface area contributed by atoms with E-state index in [1.807, 2.05) is 0 Å². The van der Waals surface area contributed by atoms with E-state index >= 15 is 0 Å². The summed E-state index contributed by atoms with van der Waals surface area (Å²) >= 11 is 11.5. The minimum absolute atomic E-state index is 0.0926. The van der Waals surface area contributed by atoms with Crippen molar-refractivity contribution in [3.05, 3.63) is 61.9 Å². The number of aromatic nitrogens is 1. The first kappa shape index (κ1) is 15.5. The fourth-order valence-electron chi connectivity index (χ4n) is 1.57. The number of benzene rings is 1. The molecule has 0 fully saturated rings. The smallest absolute Gasteiger partial charge is 0.333 e. The molecule has 0 aliphatic heterocycles. The molecule has 0 bridgehead atoms. The lowest BCUT2D eigenvalue weighted by Gasteiger charge is -2.07. The topological polar surface area (TPSA) is 104 Å². The van der Waals surface area contributed by atoms with Gasteiger partial charge < -0.3 is 5.21 Å². The van der Waals surface area contributed by atoms with Gasteiger partial charge in [0.1, 0.15) is 0 Å². The van der Waals surface area contributed by atoms with Crippen molar-refractivity contribution in [2.75, 3.05) is 0 Å². The van der Waals surface area contributed by atoms with Crippen molar-refractivity contribution >= 4 is 38.7 Å². The molecular formula is C11H6Cl2N2O5S. The van der Waals surface area contributed by atoms with Crippen molar-refractivity contribution in [3.63, 3.8) is 0 Å². The van der Waals surface area contributed by atoms with Crippen molar-refractivity contribution in [2.24, 2.45) is 0 Å². The highest BCUT2D eigenvalue weighted by Crippen LogP contribution is 2.29. The molecule has 0 N–H and O–H groups in total. The molecule has 0 saturated heterocycles. The Hall–Kier alpha value is -1.90. The predicted molar refractivity (Wildman–Crippen MR) is 74.0 cm³/mol. The number of nitro groups is 1. The van der Waals surface area contributed by atoms with Gasteiger partial charge in [-0.15, -0.1) is 0 Å². The summed E-state index contributed by atoms with van der Waals surface area (Å²) in [4.78, 5) is 9.39. The van der Waals surface area contributed by atoms with Gasteiger partial charge >= 0.3 is 10.7 Å². The van der Waals surface area contributed by atoms with Crippen LogP contribution in [-0.4, -0.2) is 13.3 Å². The Morgan fingerprint density at radius 1 is 1.14 bits per heavy atom. The number of nitrogens with zero attached hydrogens (tertiary/aromatic N) is 2. The monoisotopic (exact) mass is 348 g/mol. The lowest BCUT2D eigenvalue weighted by Crippen LogP contribution is -2.34. The normalized spacial score (nSPS) is 11.3. The first-order chi connectivity index (χ1) is 9.73. The first-order valence-corrected chi connectivity index (χ1v) is 7.55. The molecule has 0 unspecified atom stereocenters. The second-order valence-electron chi connectivity index (χ2n) is 3.89. The zero-order valence-electron chi connectivity index (χ0n) is 10.1. The van der Waals surface area contributed by atoms with Crippen molar-refractivity contribution in [1.82, 2.24) is 0 Å². The number of hydrogen-bond donors (Lipinski definition) is 0. The fraction of sp³-hybridized carbons (Fsp3) is 0. The van der Waals surface area contributed by atoms with Crippen molar-refractivity contribution in [3.8, 4) is 0 Å². The summed E-state index contributed by atoms with van der Waals surface area (Å²) in [5.41, 5.74) is -0.527. The molecule has 1 aromatic carbocycles. The average Bonchev–Trinajstić information content (AvgIpc) is 2.40. The van der Waals surface area contributed by atoms with Gasteiger partial charge in [-0.05, 0) is 18.2 Å². The van der Waals surface area contributed by atoms with Crippen LogP contribution in [0.15, 0.2) is 46.5 Å². The van der Waals surface area contributed by atoms with Crippen LogP contribution in [0.1, 0.15) is 0 Å². The van der Waals surface area contributed by atoms with E-state index < -0.39 is 25.5 Å². The average molecular weight is 349 g/mol. The molecule has 0 aliphatic carbocycles. The van der Waals surface area contributed by atoms with E-state index in [0.717, 1.165) is 18.2 Å². The number of rotatable bonds is 3. The van der Waals surface area contributed by atoms with Crippen LogP contribution in [0.5, 0.6) is 0 Å². The van der Waals surface area contributed by atoms with Gasteiger partial charge in [0.15, 0.2) is 0 Å². The van der Waals surface area contributed by atoms with E-state index in [2.05, 4.69) is 0 Å². The Morgan fingerprint density at radius 3 is 2.38 bits per heavy atom. The third-order valence-corrected chi connectivity index (χ3v) is 4.99. The molecule has 10 heteroatoms. The Morgan fingerprint density at radius 2 is 1.81 bits per heavy atom. The molecular weight excluding hydrogens is 343 g/mol. The van der Waals surface area contributed by atoms with Crippen LogP contribution >= 0.6 is 23.2 Å². The van der Waals surface area contributed by atoms with E-state index in [9.17, 15) is 23.7 Å². The number of hydrogen-bond acceptors (Lipinski definition) is 5. The molecule has 0 spiro atoms. The molecule has 2 aromatic rings. The SMILES string of the molecule is O=[N+]([O-])c1ccc(S(=O)(=O)c2cc(Cl)ccc2Cl)[n+]([O-])c1. The Labute approximate surface area is 129 Å². The summed E-state index contributed by atoms with van der Waals surface area (Å²) in [6, 6.07) is 5.53. The van der Waals surface area contributed by atoms with Gasteiger partial charge in [-0.25, -0.2) is 8.42 Å². The molecule has 0 aliphatic rings. The van der Waals surface area contributed by atoms with Gasteiger partial charge in [0, 0.05) is 17.2 Å². The number of pyridine rings is 1. The van der Waals surface area contributed by atoms with Crippen LogP contribution < -0.4 is 4.73 Å². The van der Waals surface area contributed by atoms with Gasteiger partial charge in [0.25, 0.3) is 16.0 Å². The molecule has 110 valence electrons. The molecule has 0 radical (unpaired) electrons. The van der Waals surface area contributed by atoms with Gasteiger partial charge in [-0.1, -0.05) is 23.2 Å². The van der Waals surface area contributed by atoms with E-state index in [1.165, 1.54) is 12.1 Å². The highest BCUT2D eigenvalue weighted by molar-refractivity contribution is 7.91. The Balaban J connectivity index is 2.64. The molecule has 1 aromatic heterocycles. The van der Waals surface area contributed by atoms with Crippen LogP contribution in [0.2, 0.25) is 10.0 Å². The van der Waals surface area contributed by atoms with Crippen molar-refractivity contribution in [2.45, 2.75) is 9.92 Å². The summed E-state index contributed by atoms with van der Waals surface area (Å²) in [6.07, 6.45) is 0.561. The maximum absolute atomic E-state index is 12.4. The summed E-state index contributed by atoms with van der Waals surface area (Å²) < 4.78 is 24.7. The minimum atomic E-state index is -4.25. The first-order valence-electron chi connectivity index (χ1n) is 5.31. The van der Waals surface area contributed by atoms with Crippen molar-refractivity contribution < 1.29 is 18.1 Å². The Bertz CT molecular complexity index is 839. The van der Waals surface area contributed by atoms with Crippen LogP contribution in [-0.2, 0) is 9.84 Å². The second kappa shape index (κ2) is 5.47. The molecule has 2 rings (SSSR count). The molecule has 0 saturated carbocycles. The molecule has 0 atom stereocenters. The van der Waals surface area contributed by atoms with Crippen LogP contribution in [0.25, 0.3) is 0 Å². The fourth-order valence-corrected chi connectivity index (χ4v) is 3.60. The standard InChI is InChI=1S/C11H6Cl2N2O5S/c12-7-1-3-9(13)10(5-7)21(19,20)11-4-2-8(15(17)18)6-14(11)16/h1-6H. The quantitative estimate of drug-likeness (QED) is 0.366. The van der Waals surface area contributed by atoms with E-state index in [4.69, 9.17) is 23.2 Å². The van der Waals surface area contributed by atoms with E-state index in [0.29, 0.717) is 6.20 Å². The van der Waals surface area contributed by atoms with E-state index in [1.54, 1.807) is 0 Å². The van der Waals surface area contributed by atoms with Crippen LogP contribution in [0.3, 0.4) is 0 Å². The van der Waals surface area contributed by atoms with Crippen molar-refractivity contribution in [1.29, 1.82) is 0 Å². The zero-order chi connectivity index (χ0) is 15.8. The van der Waals surface area contributed by atoms with E-state index in [-0.39, 0.29) is 19.7 Å². The number of halogens is 2. The molecule has 21 heavy (non-hydrogen) atoms. The summed E-state index contributed by atoms with van der Waals surface area (Å²) in [6.45, 7) is 0. The molecule has 7 nitrogen and oxygen atoms in total. The maximum atomic E-state index is 12.4. The second-order valence-corrected chi connectivity index (χ2v) is 6.60. The lowest BCUT2D eigenvalue weighted by atomic mass is 10.4. The lowest BCUT2D eigenvalue weighted by molar-refractivity contribution is -0.649. The summed E-state index contributed by atoms with van der Waals surface area (Å²) in [5.74, 6) is 0. The van der Waals surface area contributed by atoms with Gasteiger partial charge in [0.05, 0.1) is 14.8 Å².